The smallest absolute Gasteiger partial charge is 0.251 e. The molecule has 9 heteroatoms. The van der Waals surface area contributed by atoms with Crippen molar-refractivity contribution in [1.82, 2.24) is 25.4 Å². The van der Waals surface area contributed by atoms with Gasteiger partial charge >= 0.3 is 0 Å². The molecule has 0 radical (unpaired) electrons. The van der Waals surface area contributed by atoms with E-state index in [4.69, 9.17) is 4.74 Å². The second-order valence-electron chi connectivity index (χ2n) is 10.7. The van der Waals surface area contributed by atoms with Gasteiger partial charge < -0.3 is 15.0 Å². The third-order valence-corrected chi connectivity index (χ3v) is 7.79. The maximum absolute atomic E-state index is 14.4. The van der Waals surface area contributed by atoms with Crippen LogP contribution in [0.4, 0.5) is 10.1 Å². The molecule has 0 saturated carbocycles. The number of aromatic amines is 1. The summed E-state index contributed by atoms with van der Waals surface area (Å²) in [6, 6.07) is 16.8. The number of hydrogen-bond acceptors (Lipinski definition) is 6. The van der Waals surface area contributed by atoms with E-state index >= 15 is 0 Å². The summed E-state index contributed by atoms with van der Waals surface area (Å²) < 4.78 is 19.9. The number of carbonyl (C=O) groups excluding carboxylic acids is 1. The van der Waals surface area contributed by atoms with Gasteiger partial charge in [-0.2, -0.15) is 5.10 Å². The number of nitrogens with zero attached hydrogens (tertiary/aromatic N) is 4. The molecule has 0 aliphatic carbocycles. The number of carbonyl (C=O) groups is 1. The van der Waals surface area contributed by atoms with Crippen molar-refractivity contribution in [2.24, 2.45) is 5.92 Å². The summed E-state index contributed by atoms with van der Waals surface area (Å²) >= 11 is 0. The zero-order valence-corrected chi connectivity index (χ0v) is 22.2. The summed E-state index contributed by atoms with van der Waals surface area (Å²) in [4.78, 5) is 22.3. The highest BCUT2D eigenvalue weighted by molar-refractivity contribution is 6.01. The molecule has 202 valence electrons. The Morgan fingerprint density at radius 1 is 1.10 bits per heavy atom. The SMILES string of the molecule is CC(C)C(NC(=O)c1ccc2[nH]nc(-c3ccc(N4CC(N5CCOCC5)C4)cc3)c2c1)c1ncccc1F. The topological polar surface area (TPSA) is 86.4 Å². The molecule has 0 spiro atoms. The number of H-pyrrole nitrogens is 1. The van der Waals surface area contributed by atoms with E-state index in [1.165, 1.54) is 11.8 Å². The Bertz CT molecular complexity index is 1460. The highest BCUT2D eigenvalue weighted by atomic mass is 19.1. The van der Waals surface area contributed by atoms with E-state index in [1.807, 2.05) is 26.0 Å². The average molecular weight is 529 g/mol. The zero-order chi connectivity index (χ0) is 26.9. The normalized spacial score (nSPS) is 17.4. The molecule has 8 nitrogen and oxygen atoms in total. The molecule has 2 N–H and O–H groups in total. The molecule has 0 bridgehead atoms. The van der Waals surface area contributed by atoms with Gasteiger partial charge in [-0.25, -0.2) is 4.39 Å². The molecular formula is C30H33FN6O2. The van der Waals surface area contributed by atoms with Gasteiger partial charge in [0.2, 0.25) is 0 Å². The van der Waals surface area contributed by atoms with Crippen molar-refractivity contribution < 1.29 is 13.9 Å². The lowest BCUT2D eigenvalue weighted by Gasteiger charge is -2.47. The summed E-state index contributed by atoms with van der Waals surface area (Å²) in [7, 11) is 0. The van der Waals surface area contributed by atoms with Crippen LogP contribution in [-0.2, 0) is 4.74 Å². The number of anilines is 1. The first kappa shape index (κ1) is 25.5. The Labute approximate surface area is 227 Å². The van der Waals surface area contributed by atoms with Crippen LogP contribution in [0, 0.1) is 11.7 Å². The van der Waals surface area contributed by atoms with Gasteiger partial charge in [0.05, 0.1) is 36.2 Å². The molecule has 2 aliphatic heterocycles. The van der Waals surface area contributed by atoms with Crippen LogP contribution in [0.5, 0.6) is 0 Å². The summed E-state index contributed by atoms with van der Waals surface area (Å²) in [5, 5.41) is 11.5. The number of pyridine rings is 1. The van der Waals surface area contributed by atoms with Gasteiger partial charge in [-0.3, -0.25) is 19.8 Å². The predicted octanol–water partition coefficient (Wildman–Crippen LogP) is 4.41. The van der Waals surface area contributed by atoms with Crippen LogP contribution in [0.15, 0.2) is 60.8 Å². The monoisotopic (exact) mass is 528 g/mol. The molecule has 39 heavy (non-hydrogen) atoms. The van der Waals surface area contributed by atoms with Crippen molar-refractivity contribution in [1.29, 1.82) is 0 Å². The minimum absolute atomic E-state index is 0.0411. The predicted molar refractivity (Wildman–Crippen MR) is 149 cm³/mol. The van der Waals surface area contributed by atoms with Crippen LogP contribution >= 0.6 is 0 Å². The van der Waals surface area contributed by atoms with Gasteiger partial charge in [-0.05, 0) is 48.4 Å². The van der Waals surface area contributed by atoms with E-state index in [0.717, 1.165) is 61.6 Å². The van der Waals surface area contributed by atoms with Crippen molar-refractivity contribution in [2.45, 2.75) is 25.9 Å². The fourth-order valence-electron chi connectivity index (χ4n) is 5.45. The Balaban J connectivity index is 1.18. The standard InChI is InChI=1S/C30H33FN6O2/c1-19(2)27(29-25(31)4-3-11-32-29)33-30(38)21-7-10-26-24(16-21)28(35-34-26)20-5-8-22(9-6-20)37-17-23(18-37)36-12-14-39-15-13-36/h3-11,16,19,23,27H,12-15,17-18H2,1-2H3,(H,33,38)(H,34,35). The first-order valence-electron chi connectivity index (χ1n) is 13.5. The quantitative estimate of drug-likeness (QED) is 0.370. The van der Waals surface area contributed by atoms with Gasteiger partial charge in [0.25, 0.3) is 5.91 Å². The lowest BCUT2D eigenvalue weighted by Crippen LogP contribution is -2.61. The first-order valence-corrected chi connectivity index (χ1v) is 13.5. The number of rotatable bonds is 7. The van der Waals surface area contributed by atoms with Crippen molar-refractivity contribution in [3.05, 3.63) is 77.9 Å². The minimum Gasteiger partial charge on any atom is -0.379 e. The van der Waals surface area contributed by atoms with Crippen molar-refractivity contribution in [3.8, 4) is 11.3 Å². The molecule has 2 aromatic carbocycles. The molecule has 1 amide bonds. The van der Waals surface area contributed by atoms with Crippen LogP contribution in [0.2, 0.25) is 0 Å². The number of nitrogens with one attached hydrogen (secondary N) is 2. The lowest BCUT2D eigenvalue weighted by molar-refractivity contribution is 0.0105. The van der Waals surface area contributed by atoms with E-state index in [9.17, 15) is 9.18 Å². The fourth-order valence-corrected chi connectivity index (χ4v) is 5.45. The third kappa shape index (κ3) is 5.12. The van der Waals surface area contributed by atoms with Crippen LogP contribution < -0.4 is 10.2 Å². The largest absolute Gasteiger partial charge is 0.379 e. The molecule has 6 rings (SSSR count). The Hall–Kier alpha value is -3.82. The number of aromatic nitrogens is 3. The van der Waals surface area contributed by atoms with Gasteiger partial charge in [0, 0.05) is 60.6 Å². The van der Waals surface area contributed by atoms with E-state index in [0.29, 0.717) is 11.6 Å². The molecular weight excluding hydrogens is 495 g/mol. The number of halogens is 1. The first-order chi connectivity index (χ1) is 19.0. The second kappa shape index (κ2) is 10.7. The lowest BCUT2D eigenvalue weighted by atomic mass is 9.99. The number of hydrogen-bond donors (Lipinski definition) is 2. The van der Waals surface area contributed by atoms with Crippen LogP contribution in [0.3, 0.4) is 0 Å². The van der Waals surface area contributed by atoms with Gasteiger partial charge in [-0.15, -0.1) is 0 Å². The maximum Gasteiger partial charge on any atom is 0.251 e. The Kier molecular flexibility index (Phi) is 7.01. The van der Waals surface area contributed by atoms with E-state index < -0.39 is 11.9 Å². The molecule has 4 aromatic rings. The van der Waals surface area contributed by atoms with Crippen molar-refractivity contribution >= 4 is 22.5 Å². The summed E-state index contributed by atoms with van der Waals surface area (Å²) in [5.74, 6) is -0.751. The molecule has 1 unspecified atom stereocenters. The van der Waals surface area contributed by atoms with Crippen molar-refractivity contribution in [3.63, 3.8) is 0 Å². The Morgan fingerprint density at radius 2 is 1.87 bits per heavy atom. The molecule has 1 atom stereocenters. The van der Waals surface area contributed by atoms with E-state index in [-0.39, 0.29) is 17.5 Å². The minimum atomic E-state index is -0.546. The van der Waals surface area contributed by atoms with Crippen LogP contribution in [0.25, 0.3) is 22.2 Å². The Morgan fingerprint density at radius 3 is 2.59 bits per heavy atom. The van der Waals surface area contributed by atoms with E-state index in [2.05, 4.69) is 54.6 Å². The summed E-state index contributed by atoms with van der Waals surface area (Å²) in [5.41, 5.74) is 4.53. The molecule has 2 fully saturated rings. The number of ether oxygens (including phenoxy) is 1. The van der Waals surface area contributed by atoms with Gasteiger partial charge in [0.15, 0.2) is 0 Å². The third-order valence-electron chi connectivity index (χ3n) is 7.79. The van der Waals surface area contributed by atoms with Gasteiger partial charge in [-0.1, -0.05) is 26.0 Å². The molecule has 2 aromatic heterocycles. The molecule has 2 saturated heterocycles. The average Bonchev–Trinajstić information content (AvgIpc) is 3.35. The number of fused-ring (bicyclic) bond motifs is 1. The number of benzene rings is 2. The highest BCUT2D eigenvalue weighted by Gasteiger charge is 2.32. The summed E-state index contributed by atoms with van der Waals surface area (Å²) in [6.45, 7) is 9.61. The van der Waals surface area contributed by atoms with E-state index in [1.54, 1.807) is 18.3 Å². The number of morpholine rings is 1. The summed E-state index contributed by atoms with van der Waals surface area (Å²) in [6.07, 6.45) is 1.54. The zero-order valence-electron chi connectivity index (χ0n) is 22.2. The fraction of sp³-hybridized carbons (Fsp3) is 0.367. The highest BCUT2D eigenvalue weighted by Crippen LogP contribution is 2.31. The van der Waals surface area contributed by atoms with Crippen LogP contribution in [-0.4, -0.2) is 71.4 Å². The second-order valence-corrected chi connectivity index (χ2v) is 10.7. The van der Waals surface area contributed by atoms with Crippen LogP contribution in [0.1, 0.15) is 35.9 Å². The maximum atomic E-state index is 14.4. The van der Waals surface area contributed by atoms with Gasteiger partial charge in [0.1, 0.15) is 5.82 Å². The molecule has 4 heterocycles. The van der Waals surface area contributed by atoms with Crippen molar-refractivity contribution in [2.75, 3.05) is 44.3 Å². The number of amides is 1. The molecule has 2 aliphatic rings.